The number of amides is 1. The lowest BCUT2D eigenvalue weighted by Crippen LogP contribution is -2.28. The first-order valence-corrected chi connectivity index (χ1v) is 7.57. The summed E-state index contributed by atoms with van der Waals surface area (Å²) in [5.41, 5.74) is -1.36. The largest absolute Gasteiger partial charge is 0.435 e. The summed E-state index contributed by atoms with van der Waals surface area (Å²) in [6.07, 6.45) is -4.62. The average Bonchev–Trinajstić information content (AvgIpc) is 3.11. The zero-order valence-electron chi connectivity index (χ0n) is 14.2. The molecule has 2 aromatic rings. The third-order valence-corrected chi connectivity index (χ3v) is 3.23. The molecule has 0 saturated carbocycles. The van der Waals surface area contributed by atoms with Crippen molar-refractivity contribution in [1.82, 2.24) is 25.2 Å². The van der Waals surface area contributed by atoms with Gasteiger partial charge in [0.05, 0.1) is 0 Å². The van der Waals surface area contributed by atoms with Crippen molar-refractivity contribution in [2.45, 2.75) is 33.0 Å². The maximum atomic E-state index is 12.7. The first-order chi connectivity index (χ1) is 11.6. The molecule has 0 spiro atoms. The van der Waals surface area contributed by atoms with Gasteiger partial charge in [-0.3, -0.25) is 9.48 Å². The van der Waals surface area contributed by atoms with Crippen LogP contribution in [0.25, 0.3) is 0 Å². The van der Waals surface area contributed by atoms with Gasteiger partial charge in [0, 0.05) is 19.7 Å². The molecule has 8 nitrogen and oxygen atoms in total. The second-order valence-corrected chi connectivity index (χ2v) is 5.96. The fourth-order valence-corrected chi connectivity index (χ4v) is 1.93. The van der Waals surface area contributed by atoms with Gasteiger partial charge in [0.25, 0.3) is 17.7 Å². The predicted molar refractivity (Wildman–Crippen MR) is 81.7 cm³/mol. The summed E-state index contributed by atoms with van der Waals surface area (Å²) < 4.78 is 43.9. The number of carbonyl (C=O) groups is 1. The van der Waals surface area contributed by atoms with Crippen molar-refractivity contribution in [3.63, 3.8) is 0 Å². The minimum Gasteiger partial charge on any atom is -0.351 e. The Labute approximate surface area is 141 Å². The molecule has 0 aliphatic rings. The van der Waals surface area contributed by atoms with E-state index in [1.54, 1.807) is 6.92 Å². The molecule has 0 bridgehead atoms. The van der Waals surface area contributed by atoms with Gasteiger partial charge in [0.1, 0.15) is 11.7 Å². The zero-order valence-corrected chi connectivity index (χ0v) is 14.2. The quantitative estimate of drug-likeness (QED) is 0.821. The van der Waals surface area contributed by atoms with Crippen molar-refractivity contribution in [2.24, 2.45) is 13.0 Å². The van der Waals surface area contributed by atoms with Crippen molar-refractivity contribution in [3.05, 3.63) is 23.3 Å². The van der Waals surface area contributed by atoms with Gasteiger partial charge in [-0.15, -0.1) is 0 Å². The van der Waals surface area contributed by atoms with E-state index in [-0.39, 0.29) is 17.5 Å². The Balaban J connectivity index is 2.04. The van der Waals surface area contributed by atoms with Crippen molar-refractivity contribution in [1.29, 1.82) is 0 Å². The standard InChI is InChI=1S/C14H19F3N6O2/c1-7(2)6-18-13-20-12(25-22-13)8(3)19-11(24)9-5-10(14(15,16)17)21-23(9)4/h5,7-8H,6H2,1-4H3,(H,18,22)(H,19,24)/t8-/m0/s1. The SMILES string of the molecule is CC(C)CNc1noc([C@H](C)NC(=O)c2cc(C(F)(F)F)nn2C)n1. The molecule has 2 heterocycles. The van der Waals surface area contributed by atoms with Crippen LogP contribution in [0.1, 0.15) is 48.9 Å². The van der Waals surface area contributed by atoms with E-state index in [1.807, 2.05) is 13.8 Å². The van der Waals surface area contributed by atoms with Gasteiger partial charge in [-0.05, 0) is 18.0 Å². The number of alkyl halides is 3. The van der Waals surface area contributed by atoms with E-state index in [4.69, 9.17) is 4.52 Å². The minimum atomic E-state index is -4.62. The molecule has 0 fully saturated rings. The summed E-state index contributed by atoms with van der Waals surface area (Å²) in [5.74, 6) is 0.0714. The highest BCUT2D eigenvalue weighted by Gasteiger charge is 2.35. The van der Waals surface area contributed by atoms with E-state index in [1.165, 1.54) is 7.05 Å². The molecule has 25 heavy (non-hydrogen) atoms. The number of rotatable bonds is 6. The van der Waals surface area contributed by atoms with Gasteiger partial charge in [-0.2, -0.15) is 23.3 Å². The van der Waals surface area contributed by atoms with Gasteiger partial charge in [-0.25, -0.2) is 0 Å². The monoisotopic (exact) mass is 360 g/mol. The van der Waals surface area contributed by atoms with Gasteiger partial charge in [0.15, 0.2) is 5.69 Å². The molecule has 0 aromatic carbocycles. The van der Waals surface area contributed by atoms with Gasteiger partial charge in [-0.1, -0.05) is 13.8 Å². The molecular weight excluding hydrogens is 341 g/mol. The van der Waals surface area contributed by atoms with E-state index in [2.05, 4.69) is 25.9 Å². The number of hydrogen-bond acceptors (Lipinski definition) is 6. The topological polar surface area (TPSA) is 97.9 Å². The Hall–Kier alpha value is -2.59. The van der Waals surface area contributed by atoms with Crippen LogP contribution in [0, 0.1) is 5.92 Å². The number of nitrogens with one attached hydrogen (secondary N) is 2. The average molecular weight is 360 g/mol. The first-order valence-electron chi connectivity index (χ1n) is 7.57. The highest BCUT2D eigenvalue weighted by atomic mass is 19.4. The van der Waals surface area contributed by atoms with E-state index >= 15 is 0 Å². The van der Waals surface area contributed by atoms with Crippen LogP contribution in [-0.4, -0.2) is 32.4 Å². The summed E-state index contributed by atoms with van der Waals surface area (Å²) in [5, 5.41) is 12.5. The van der Waals surface area contributed by atoms with Crippen LogP contribution < -0.4 is 10.6 Å². The summed E-state index contributed by atoms with van der Waals surface area (Å²) in [6.45, 7) is 6.26. The molecule has 2 aromatic heterocycles. The van der Waals surface area contributed by atoms with Crippen LogP contribution in [0.3, 0.4) is 0 Å². The third-order valence-electron chi connectivity index (χ3n) is 3.23. The Morgan fingerprint density at radius 1 is 1.36 bits per heavy atom. The maximum absolute atomic E-state index is 12.7. The lowest BCUT2D eigenvalue weighted by molar-refractivity contribution is -0.141. The molecule has 11 heteroatoms. The van der Waals surface area contributed by atoms with Crippen LogP contribution in [0.2, 0.25) is 0 Å². The van der Waals surface area contributed by atoms with Crippen molar-refractivity contribution in [2.75, 3.05) is 11.9 Å². The minimum absolute atomic E-state index is 0.137. The lowest BCUT2D eigenvalue weighted by atomic mass is 10.2. The fourth-order valence-electron chi connectivity index (χ4n) is 1.93. The van der Waals surface area contributed by atoms with Crippen LogP contribution in [0.15, 0.2) is 10.6 Å². The second kappa shape index (κ2) is 7.11. The fraction of sp³-hybridized carbons (Fsp3) is 0.571. The normalized spacial score (nSPS) is 13.1. The van der Waals surface area contributed by atoms with Crippen LogP contribution in [0.4, 0.5) is 19.1 Å². The zero-order chi connectivity index (χ0) is 18.8. The number of nitrogens with zero attached hydrogens (tertiary/aromatic N) is 4. The van der Waals surface area contributed by atoms with Gasteiger partial charge < -0.3 is 15.2 Å². The summed E-state index contributed by atoms with van der Waals surface area (Å²) >= 11 is 0. The molecule has 0 aliphatic carbocycles. The lowest BCUT2D eigenvalue weighted by Gasteiger charge is -2.09. The smallest absolute Gasteiger partial charge is 0.351 e. The van der Waals surface area contributed by atoms with Crippen LogP contribution >= 0.6 is 0 Å². The Morgan fingerprint density at radius 2 is 2.04 bits per heavy atom. The predicted octanol–water partition coefficient (Wildman–Crippen LogP) is 2.38. The molecule has 138 valence electrons. The molecule has 2 rings (SSSR count). The number of hydrogen-bond donors (Lipinski definition) is 2. The van der Waals surface area contributed by atoms with Crippen molar-refractivity contribution >= 4 is 11.9 Å². The summed E-state index contributed by atoms with van der Waals surface area (Å²) in [6, 6.07) is 0.00437. The van der Waals surface area contributed by atoms with Gasteiger partial charge >= 0.3 is 6.18 Å². The van der Waals surface area contributed by atoms with E-state index in [0.717, 1.165) is 4.68 Å². The first kappa shape index (κ1) is 18.7. The molecule has 0 radical (unpaired) electrons. The third kappa shape index (κ3) is 4.70. The number of anilines is 1. The Kier molecular flexibility index (Phi) is 5.33. The summed E-state index contributed by atoms with van der Waals surface area (Å²) in [4.78, 5) is 16.3. The highest BCUT2D eigenvalue weighted by Crippen LogP contribution is 2.28. The molecule has 0 saturated heterocycles. The van der Waals surface area contributed by atoms with Gasteiger partial charge in [0.2, 0.25) is 0 Å². The number of aryl methyl sites for hydroxylation is 1. The molecule has 1 amide bonds. The van der Waals surface area contributed by atoms with Crippen molar-refractivity contribution < 1.29 is 22.5 Å². The molecule has 0 aliphatic heterocycles. The van der Waals surface area contributed by atoms with E-state index < -0.39 is 23.8 Å². The highest BCUT2D eigenvalue weighted by molar-refractivity contribution is 5.92. The van der Waals surface area contributed by atoms with Crippen LogP contribution in [-0.2, 0) is 13.2 Å². The Morgan fingerprint density at radius 3 is 2.60 bits per heavy atom. The number of aromatic nitrogens is 4. The number of halogens is 3. The number of carbonyl (C=O) groups excluding carboxylic acids is 1. The second-order valence-electron chi connectivity index (χ2n) is 5.96. The Bertz CT molecular complexity index is 737. The molecule has 1 atom stereocenters. The van der Waals surface area contributed by atoms with E-state index in [9.17, 15) is 18.0 Å². The molecule has 0 unspecified atom stereocenters. The molecule has 2 N–H and O–H groups in total. The summed E-state index contributed by atoms with van der Waals surface area (Å²) in [7, 11) is 1.26. The van der Waals surface area contributed by atoms with Crippen LogP contribution in [0.5, 0.6) is 0 Å². The van der Waals surface area contributed by atoms with Crippen molar-refractivity contribution in [3.8, 4) is 0 Å². The van der Waals surface area contributed by atoms with E-state index in [0.29, 0.717) is 18.5 Å². The molecular formula is C14H19F3N6O2. The maximum Gasteiger partial charge on any atom is 0.435 e.